The molecule has 1 saturated carbocycles. The largest absolute Gasteiger partial charge is 0.493 e. The summed E-state index contributed by atoms with van der Waals surface area (Å²) in [7, 11) is 8.96. The molecule has 0 saturated heterocycles. The van der Waals surface area contributed by atoms with E-state index in [-0.39, 0.29) is 0 Å². The Kier molecular flexibility index (Phi) is 8.13. The van der Waals surface area contributed by atoms with Crippen molar-refractivity contribution in [3.8, 4) is 17.2 Å². The maximum atomic E-state index is 5.48. The zero-order valence-electron chi connectivity index (χ0n) is 21.4. The molecule has 1 fully saturated rings. The summed E-state index contributed by atoms with van der Waals surface area (Å²) < 4.78 is 16.4. The molecule has 0 atom stereocenters. The third-order valence-electron chi connectivity index (χ3n) is 6.72. The Hall–Kier alpha value is -3.26. The summed E-state index contributed by atoms with van der Waals surface area (Å²) in [5, 5.41) is 8.28. The molecule has 8 nitrogen and oxygen atoms in total. The third kappa shape index (κ3) is 5.88. The molecule has 2 N–H and O–H groups in total. The van der Waals surface area contributed by atoms with E-state index in [2.05, 4.69) is 16.7 Å². The highest BCUT2D eigenvalue weighted by molar-refractivity contribution is 5.90. The molecule has 0 unspecified atom stereocenters. The predicted molar refractivity (Wildman–Crippen MR) is 141 cm³/mol. The minimum atomic E-state index is 0.502. The Balaban J connectivity index is 1.29. The first-order chi connectivity index (χ1) is 17.0. The number of hydrogen-bond acceptors (Lipinski definition) is 8. The molecule has 1 heterocycles. The van der Waals surface area contributed by atoms with Crippen LogP contribution in [0.2, 0.25) is 0 Å². The van der Waals surface area contributed by atoms with Crippen LogP contribution in [0, 0.1) is 5.92 Å². The molecule has 4 rings (SSSR count). The molecule has 0 radical (unpaired) electrons. The summed E-state index contributed by atoms with van der Waals surface area (Å²) in [4.78, 5) is 11.5. The molecular formula is C27H37N5O3. The van der Waals surface area contributed by atoms with E-state index >= 15 is 0 Å². The van der Waals surface area contributed by atoms with Crippen molar-refractivity contribution in [2.75, 3.05) is 52.2 Å². The van der Waals surface area contributed by atoms with Gasteiger partial charge in [0.05, 0.1) is 26.8 Å². The van der Waals surface area contributed by atoms with E-state index in [4.69, 9.17) is 24.2 Å². The van der Waals surface area contributed by atoms with Crippen molar-refractivity contribution in [3.05, 3.63) is 42.0 Å². The van der Waals surface area contributed by atoms with Gasteiger partial charge in [0.1, 0.15) is 5.82 Å². The normalized spacial score (nSPS) is 17.7. The quantitative estimate of drug-likeness (QED) is 0.441. The molecule has 3 aromatic rings. The van der Waals surface area contributed by atoms with Crippen LogP contribution < -0.4 is 29.7 Å². The van der Waals surface area contributed by atoms with Crippen molar-refractivity contribution in [2.24, 2.45) is 5.92 Å². The third-order valence-corrected chi connectivity index (χ3v) is 6.72. The van der Waals surface area contributed by atoms with Gasteiger partial charge in [0.15, 0.2) is 11.5 Å². The average molecular weight is 480 g/mol. The fourth-order valence-electron chi connectivity index (χ4n) is 4.79. The van der Waals surface area contributed by atoms with Gasteiger partial charge in [-0.15, -0.1) is 0 Å². The zero-order valence-corrected chi connectivity index (χ0v) is 21.4. The van der Waals surface area contributed by atoms with Crippen LogP contribution in [0.3, 0.4) is 0 Å². The number of fused-ring (bicyclic) bond motifs is 1. The summed E-state index contributed by atoms with van der Waals surface area (Å²) in [6.07, 6.45) is 4.65. The molecule has 8 heteroatoms. The van der Waals surface area contributed by atoms with Crippen molar-refractivity contribution in [3.63, 3.8) is 0 Å². The van der Waals surface area contributed by atoms with Crippen molar-refractivity contribution in [1.29, 1.82) is 0 Å². The van der Waals surface area contributed by atoms with Crippen molar-refractivity contribution in [2.45, 2.75) is 38.3 Å². The van der Waals surface area contributed by atoms with Gasteiger partial charge in [0.25, 0.3) is 0 Å². The summed E-state index contributed by atoms with van der Waals surface area (Å²) in [5.74, 6) is 4.26. The van der Waals surface area contributed by atoms with Crippen LogP contribution in [0.4, 0.5) is 11.8 Å². The molecule has 0 spiro atoms. The molecule has 2 aromatic carbocycles. The Morgan fingerprint density at radius 1 is 0.914 bits per heavy atom. The summed E-state index contributed by atoms with van der Waals surface area (Å²) in [6.45, 7) is 1.66. The first-order valence-corrected chi connectivity index (χ1v) is 12.2. The van der Waals surface area contributed by atoms with E-state index in [1.165, 1.54) is 12.8 Å². The molecule has 1 aromatic heterocycles. The second-order valence-electron chi connectivity index (χ2n) is 9.30. The number of aromatic nitrogens is 2. The number of ether oxygens (including phenoxy) is 3. The van der Waals surface area contributed by atoms with E-state index in [0.29, 0.717) is 35.2 Å². The minimum absolute atomic E-state index is 0.502. The first kappa shape index (κ1) is 24.9. The molecule has 188 valence electrons. The Morgan fingerprint density at radius 3 is 2.23 bits per heavy atom. The SMILES string of the molecule is COc1cc(CNC2CCC(CNc3nc(N(C)C)c4ccccc4n3)CC2)cc(OC)c1OC. The average Bonchev–Trinajstić information content (AvgIpc) is 2.89. The van der Waals surface area contributed by atoms with Crippen LogP contribution in [0.1, 0.15) is 31.2 Å². The van der Waals surface area contributed by atoms with Crippen molar-refractivity contribution >= 4 is 22.7 Å². The number of para-hydroxylation sites is 1. The van der Waals surface area contributed by atoms with Gasteiger partial charge in [-0.05, 0) is 61.4 Å². The standard InChI is InChI=1S/C27H37N5O3/c1-32(2)26-21-8-6-7-9-22(21)30-27(31-26)29-16-18-10-12-20(13-11-18)28-17-19-14-23(33-3)25(35-5)24(15-19)34-4/h6-9,14-15,18,20,28H,10-13,16-17H2,1-5H3,(H,29,30,31). The van der Waals surface area contributed by atoms with Crippen LogP contribution in [-0.4, -0.2) is 58.0 Å². The molecule has 0 bridgehead atoms. The van der Waals surface area contributed by atoms with Gasteiger partial charge in [-0.3, -0.25) is 0 Å². The van der Waals surface area contributed by atoms with E-state index < -0.39 is 0 Å². The van der Waals surface area contributed by atoms with Gasteiger partial charge in [0.2, 0.25) is 11.7 Å². The summed E-state index contributed by atoms with van der Waals surface area (Å²) in [6, 6.07) is 12.7. The second kappa shape index (κ2) is 11.4. The highest BCUT2D eigenvalue weighted by Gasteiger charge is 2.22. The molecule has 0 amide bonds. The lowest BCUT2D eigenvalue weighted by Gasteiger charge is -2.29. The van der Waals surface area contributed by atoms with Crippen LogP contribution in [0.25, 0.3) is 10.9 Å². The van der Waals surface area contributed by atoms with E-state index in [9.17, 15) is 0 Å². The highest BCUT2D eigenvalue weighted by atomic mass is 16.5. The number of benzene rings is 2. The van der Waals surface area contributed by atoms with Gasteiger partial charge in [-0.25, -0.2) is 4.98 Å². The topological polar surface area (TPSA) is 80.8 Å². The Labute approximate surface area is 208 Å². The molecule has 1 aliphatic carbocycles. The number of methoxy groups -OCH3 is 3. The fourth-order valence-corrected chi connectivity index (χ4v) is 4.79. The number of hydrogen-bond donors (Lipinski definition) is 2. The van der Waals surface area contributed by atoms with Crippen molar-refractivity contribution < 1.29 is 14.2 Å². The second-order valence-corrected chi connectivity index (χ2v) is 9.30. The fraction of sp³-hybridized carbons (Fsp3) is 0.481. The van der Waals surface area contributed by atoms with Gasteiger partial charge in [-0.2, -0.15) is 4.98 Å². The lowest BCUT2D eigenvalue weighted by molar-refractivity contribution is 0.298. The van der Waals surface area contributed by atoms with Crippen LogP contribution in [0.5, 0.6) is 17.2 Å². The highest BCUT2D eigenvalue weighted by Crippen LogP contribution is 2.38. The summed E-state index contributed by atoms with van der Waals surface area (Å²) in [5.41, 5.74) is 2.09. The Bertz CT molecular complexity index is 1100. The zero-order chi connectivity index (χ0) is 24.8. The lowest BCUT2D eigenvalue weighted by atomic mass is 9.86. The monoisotopic (exact) mass is 479 g/mol. The van der Waals surface area contributed by atoms with Gasteiger partial charge in [-0.1, -0.05) is 12.1 Å². The van der Waals surface area contributed by atoms with Gasteiger partial charge in [0, 0.05) is 38.6 Å². The molecule has 35 heavy (non-hydrogen) atoms. The maximum Gasteiger partial charge on any atom is 0.225 e. The van der Waals surface area contributed by atoms with E-state index in [1.807, 2.05) is 49.3 Å². The smallest absolute Gasteiger partial charge is 0.225 e. The number of anilines is 2. The number of nitrogens with one attached hydrogen (secondary N) is 2. The predicted octanol–water partition coefficient (Wildman–Crippen LogP) is 4.48. The molecular weight excluding hydrogens is 442 g/mol. The van der Waals surface area contributed by atoms with E-state index in [1.54, 1.807) is 21.3 Å². The van der Waals surface area contributed by atoms with E-state index in [0.717, 1.165) is 48.2 Å². The summed E-state index contributed by atoms with van der Waals surface area (Å²) >= 11 is 0. The van der Waals surface area contributed by atoms with Crippen LogP contribution in [0.15, 0.2) is 36.4 Å². The molecule has 0 aliphatic heterocycles. The van der Waals surface area contributed by atoms with Gasteiger partial charge >= 0.3 is 0 Å². The number of rotatable bonds is 10. The van der Waals surface area contributed by atoms with Crippen LogP contribution in [-0.2, 0) is 6.54 Å². The minimum Gasteiger partial charge on any atom is -0.493 e. The van der Waals surface area contributed by atoms with Crippen LogP contribution >= 0.6 is 0 Å². The lowest BCUT2D eigenvalue weighted by Crippen LogP contribution is -2.34. The molecule has 1 aliphatic rings. The van der Waals surface area contributed by atoms with Crippen molar-refractivity contribution in [1.82, 2.24) is 15.3 Å². The maximum absolute atomic E-state index is 5.48. The van der Waals surface area contributed by atoms with Gasteiger partial charge < -0.3 is 29.7 Å². The Morgan fingerprint density at radius 2 is 1.60 bits per heavy atom. The first-order valence-electron chi connectivity index (χ1n) is 12.2. The number of nitrogens with zero attached hydrogens (tertiary/aromatic N) is 3.